The maximum absolute atomic E-state index is 5.99. The minimum atomic E-state index is -0.0522. The molecule has 0 aliphatic heterocycles. The SMILES string of the molecule is NC(CSc1ccc(Br)cc1)c1ccco1. The van der Waals surface area contributed by atoms with Crippen LogP contribution in [0, 0.1) is 0 Å². The molecule has 1 atom stereocenters. The minimum absolute atomic E-state index is 0.0522. The van der Waals surface area contributed by atoms with Gasteiger partial charge in [0.05, 0.1) is 12.3 Å². The first-order valence-electron chi connectivity index (χ1n) is 4.93. The average molecular weight is 298 g/mol. The molecule has 1 unspecified atom stereocenters. The Kier molecular flexibility index (Phi) is 4.09. The van der Waals surface area contributed by atoms with E-state index in [-0.39, 0.29) is 6.04 Å². The zero-order chi connectivity index (χ0) is 11.4. The van der Waals surface area contributed by atoms with E-state index in [1.54, 1.807) is 18.0 Å². The van der Waals surface area contributed by atoms with Gasteiger partial charge in [-0.2, -0.15) is 0 Å². The molecule has 1 aromatic carbocycles. The van der Waals surface area contributed by atoms with E-state index in [2.05, 4.69) is 28.1 Å². The zero-order valence-corrected chi connectivity index (χ0v) is 11.0. The standard InChI is InChI=1S/C12H12BrNOS/c13-9-3-5-10(6-4-9)16-8-11(14)12-2-1-7-15-12/h1-7,11H,8,14H2. The predicted octanol–water partition coefficient (Wildman–Crippen LogP) is 3.83. The molecule has 0 amide bonds. The van der Waals surface area contributed by atoms with Crippen LogP contribution in [0.15, 0.2) is 56.4 Å². The molecular weight excluding hydrogens is 286 g/mol. The Morgan fingerprint density at radius 1 is 1.25 bits per heavy atom. The average Bonchev–Trinajstić information content (AvgIpc) is 2.81. The third-order valence-electron chi connectivity index (χ3n) is 2.15. The van der Waals surface area contributed by atoms with Crippen molar-refractivity contribution in [3.05, 3.63) is 52.9 Å². The van der Waals surface area contributed by atoms with Crippen LogP contribution in [0.25, 0.3) is 0 Å². The van der Waals surface area contributed by atoms with Gasteiger partial charge < -0.3 is 10.2 Å². The van der Waals surface area contributed by atoms with E-state index in [0.717, 1.165) is 16.0 Å². The molecule has 2 nitrogen and oxygen atoms in total. The third kappa shape index (κ3) is 3.14. The lowest BCUT2D eigenvalue weighted by atomic mass is 10.3. The lowest BCUT2D eigenvalue weighted by Crippen LogP contribution is -2.11. The molecule has 2 N–H and O–H groups in total. The van der Waals surface area contributed by atoms with E-state index in [1.807, 2.05) is 24.3 Å². The van der Waals surface area contributed by atoms with Crippen molar-refractivity contribution >= 4 is 27.7 Å². The number of nitrogens with two attached hydrogens (primary N) is 1. The molecule has 0 fully saturated rings. The van der Waals surface area contributed by atoms with E-state index in [0.29, 0.717) is 0 Å². The summed E-state index contributed by atoms with van der Waals surface area (Å²) in [5.74, 6) is 1.65. The van der Waals surface area contributed by atoms with Crippen LogP contribution in [-0.2, 0) is 0 Å². The van der Waals surface area contributed by atoms with Gasteiger partial charge >= 0.3 is 0 Å². The Bertz CT molecular complexity index is 427. The second-order valence-corrected chi connectivity index (χ2v) is 5.40. The van der Waals surface area contributed by atoms with Crippen LogP contribution in [0.5, 0.6) is 0 Å². The molecule has 0 saturated heterocycles. The first-order valence-corrected chi connectivity index (χ1v) is 6.71. The van der Waals surface area contributed by atoms with Gasteiger partial charge in [0.15, 0.2) is 0 Å². The Labute approximate surface area is 107 Å². The quantitative estimate of drug-likeness (QED) is 0.872. The Hall–Kier alpha value is -0.710. The Morgan fingerprint density at radius 3 is 2.62 bits per heavy atom. The van der Waals surface area contributed by atoms with Crippen molar-refractivity contribution in [3.63, 3.8) is 0 Å². The largest absolute Gasteiger partial charge is 0.468 e. The van der Waals surface area contributed by atoms with Crippen LogP contribution >= 0.6 is 27.7 Å². The van der Waals surface area contributed by atoms with Crippen molar-refractivity contribution in [3.8, 4) is 0 Å². The van der Waals surface area contributed by atoms with Gasteiger partial charge in [0.2, 0.25) is 0 Å². The summed E-state index contributed by atoms with van der Waals surface area (Å²) in [4.78, 5) is 1.21. The first kappa shape index (κ1) is 11.8. The van der Waals surface area contributed by atoms with E-state index < -0.39 is 0 Å². The van der Waals surface area contributed by atoms with Crippen LogP contribution < -0.4 is 5.73 Å². The lowest BCUT2D eigenvalue weighted by Gasteiger charge is -2.08. The number of rotatable bonds is 4. The molecule has 0 aliphatic rings. The minimum Gasteiger partial charge on any atom is -0.468 e. The number of halogens is 1. The zero-order valence-electron chi connectivity index (χ0n) is 8.60. The normalized spacial score (nSPS) is 12.6. The highest BCUT2D eigenvalue weighted by Crippen LogP contribution is 2.24. The molecule has 84 valence electrons. The summed E-state index contributed by atoms with van der Waals surface area (Å²) < 4.78 is 6.35. The summed E-state index contributed by atoms with van der Waals surface area (Å²) in [6.45, 7) is 0. The van der Waals surface area contributed by atoms with Gasteiger partial charge in [-0.25, -0.2) is 0 Å². The molecule has 4 heteroatoms. The van der Waals surface area contributed by atoms with Gasteiger partial charge in [-0.3, -0.25) is 0 Å². The van der Waals surface area contributed by atoms with Gasteiger partial charge in [0, 0.05) is 15.1 Å². The second kappa shape index (κ2) is 5.57. The van der Waals surface area contributed by atoms with Crippen molar-refractivity contribution in [1.82, 2.24) is 0 Å². The molecule has 2 aromatic rings. The lowest BCUT2D eigenvalue weighted by molar-refractivity contribution is 0.482. The molecule has 1 heterocycles. The molecule has 2 rings (SSSR count). The molecule has 0 aliphatic carbocycles. The van der Waals surface area contributed by atoms with Crippen LogP contribution in [0.3, 0.4) is 0 Å². The number of benzene rings is 1. The second-order valence-electron chi connectivity index (χ2n) is 3.39. The summed E-state index contributed by atoms with van der Waals surface area (Å²) in [5.41, 5.74) is 5.99. The number of furan rings is 1. The highest BCUT2D eigenvalue weighted by Gasteiger charge is 2.08. The highest BCUT2D eigenvalue weighted by molar-refractivity contribution is 9.10. The Balaban J connectivity index is 1.90. The topological polar surface area (TPSA) is 39.2 Å². The van der Waals surface area contributed by atoms with Crippen LogP contribution in [0.1, 0.15) is 11.8 Å². The monoisotopic (exact) mass is 297 g/mol. The number of hydrogen-bond acceptors (Lipinski definition) is 3. The first-order chi connectivity index (χ1) is 7.75. The van der Waals surface area contributed by atoms with Crippen molar-refractivity contribution in [1.29, 1.82) is 0 Å². The van der Waals surface area contributed by atoms with Crippen LogP contribution in [-0.4, -0.2) is 5.75 Å². The van der Waals surface area contributed by atoms with Gasteiger partial charge in [-0.05, 0) is 36.4 Å². The summed E-state index contributed by atoms with van der Waals surface area (Å²) in [6, 6.07) is 11.9. The molecule has 0 bridgehead atoms. The fourth-order valence-corrected chi connectivity index (χ4v) is 2.43. The van der Waals surface area contributed by atoms with E-state index in [9.17, 15) is 0 Å². The molecule has 0 radical (unpaired) electrons. The van der Waals surface area contributed by atoms with E-state index in [1.165, 1.54) is 4.90 Å². The summed E-state index contributed by atoms with van der Waals surface area (Å²) in [6.07, 6.45) is 1.65. The smallest absolute Gasteiger partial charge is 0.121 e. The van der Waals surface area contributed by atoms with Crippen molar-refractivity contribution in [2.24, 2.45) is 5.73 Å². The Morgan fingerprint density at radius 2 is 2.00 bits per heavy atom. The fraction of sp³-hybridized carbons (Fsp3) is 0.167. The molecule has 0 spiro atoms. The van der Waals surface area contributed by atoms with Crippen molar-refractivity contribution < 1.29 is 4.42 Å². The van der Waals surface area contributed by atoms with E-state index in [4.69, 9.17) is 10.2 Å². The van der Waals surface area contributed by atoms with Gasteiger partial charge in [-0.1, -0.05) is 15.9 Å². The van der Waals surface area contributed by atoms with Crippen LogP contribution in [0.2, 0.25) is 0 Å². The number of hydrogen-bond donors (Lipinski definition) is 1. The summed E-state index contributed by atoms with van der Waals surface area (Å²) in [7, 11) is 0. The number of thioether (sulfide) groups is 1. The summed E-state index contributed by atoms with van der Waals surface area (Å²) >= 11 is 5.14. The fourth-order valence-electron chi connectivity index (χ4n) is 1.30. The molecule has 0 saturated carbocycles. The maximum atomic E-state index is 5.99. The van der Waals surface area contributed by atoms with Gasteiger partial charge in [0.25, 0.3) is 0 Å². The van der Waals surface area contributed by atoms with Gasteiger partial charge in [-0.15, -0.1) is 11.8 Å². The van der Waals surface area contributed by atoms with Gasteiger partial charge in [0.1, 0.15) is 5.76 Å². The van der Waals surface area contributed by atoms with Crippen molar-refractivity contribution in [2.75, 3.05) is 5.75 Å². The summed E-state index contributed by atoms with van der Waals surface area (Å²) in [5, 5.41) is 0. The maximum Gasteiger partial charge on any atom is 0.121 e. The van der Waals surface area contributed by atoms with E-state index >= 15 is 0 Å². The molecular formula is C12H12BrNOS. The third-order valence-corrected chi connectivity index (χ3v) is 3.81. The molecule has 1 aromatic heterocycles. The van der Waals surface area contributed by atoms with Crippen LogP contribution in [0.4, 0.5) is 0 Å². The highest BCUT2D eigenvalue weighted by atomic mass is 79.9. The predicted molar refractivity (Wildman–Crippen MR) is 70.5 cm³/mol. The molecule has 16 heavy (non-hydrogen) atoms. The van der Waals surface area contributed by atoms with Crippen molar-refractivity contribution in [2.45, 2.75) is 10.9 Å².